The molecule has 0 radical (unpaired) electrons. The molecular formula is C31H37Cl2F2N3O4. The number of Topliss-reactive ketones (excluding diaryl/α,β-unsaturated/α-hetero) is 1. The molecule has 228 valence electrons. The minimum absolute atomic E-state index is 0.0933. The first-order valence-corrected chi connectivity index (χ1v) is 15.3. The fourth-order valence-corrected chi connectivity index (χ4v) is 7.08. The van der Waals surface area contributed by atoms with Gasteiger partial charge >= 0.3 is 11.9 Å². The summed E-state index contributed by atoms with van der Waals surface area (Å²) in [6.45, 7) is 3.12. The highest BCUT2D eigenvalue weighted by atomic mass is 35.5. The standard InChI is InChI=1S/C31H37Cl2F2N3O4/c1-3-13-31(34,35)28-23(16-36-38(28)22-11-9-21(10-12-22)30(41)42)29(40)37(17-20-7-5-4-6-8-20)18-26(39)27-24(32)14-19(2)15-25(27)33/h3,13-16,20-22H,4-12,17-18H2,1-2H3,(H,41,42). The van der Waals surface area contributed by atoms with Gasteiger partial charge in [-0.25, -0.2) is 0 Å². The molecule has 0 bridgehead atoms. The highest BCUT2D eigenvalue weighted by molar-refractivity contribution is 6.40. The molecule has 2 saturated carbocycles. The van der Waals surface area contributed by atoms with Crippen molar-refractivity contribution in [3.63, 3.8) is 0 Å². The first-order valence-electron chi connectivity index (χ1n) is 14.5. The van der Waals surface area contributed by atoms with Crippen molar-refractivity contribution in [1.29, 1.82) is 0 Å². The van der Waals surface area contributed by atoms with E-state index in [9.17, 15) is 19.5 Å². The van der Waals surface area contributed by atoms with Crippen LogP contribution in [0.3, 0.4) is 0 Å². The maximum atomic E-state index is 15.7. The number of aliphatic carboxylic acids is 1. The molecule has 2 aliphatic carbocycles. The molecule has 2 aliphatic rings. The van der Waals surface area contributed by atoms with E-state index < -0.39 is 41.2 Å². The zero-order valence-corrected chi connectivity index (χ0v) is 25.4. The lowest BCUT2D eigenvalue weighted by Crippen LogP contribution is -2.40. The van der Waals surface area contributed by atoms with Crippen molar-refractivity contribution in [2.75, 3.05) is 13.1 Å². The van der Waals surface area contributed by atoms with Crippen LogP contribution < -0.4 is 0 Å². The summed E-state index contributed by atoms with van der Waals surface area (Å²) in [5.74, 6) is -6.02. The summed E-state index contributed by atoms with van der Waals surface area (Å²) < 4.78 is 32.6. The number of alkyl halides is 2. The lowest BCUT2D eigenvalue weighted by atomic mass is 9.86. The van der Waals surface area contributed by atoms with Gasteiger partial charge in [-0.05, 0) is 82.1 Å². The molecule has 1 aromatic carbocycles. The molecule has 0 spiro atoms. The number of carboxylic acid groups (broad SMARTS) is 1. The first kappa shape index (κ1) is 32.1. The van der Waals surface area contributed by atoms with E-state index in [4.69, 9.17) is 23.2 Å². The number of rotatable bonds is 10. The van der Waals surface area contributed by atoms with Crippen molar-refractivity contribution < 1.29 is 28.3 Å². The quantitative estimate of drug-likeness (QED) is 0.214. The molecule has 2 fully saturated rings. The maximum Gasteiger partial charge on any atom is 0.308 e. The van der Waals surface area contributed by atoms with Crippen LogP contribution in [0.4, 0.5) is 8.78 Å². The minimum Gasteiger partial charge on any atom is -0.481 e. The average molecular weight is 625 g/mol. The van der Waals surface area contributed by atoms with E-state index in [2.05, 4.69) is 5.10 Å². The van der Waals surface area contributed by atoms with Gasteiger partial charge in [0.2, 0.25) is 0 Å². The summed E-state index contributed by atoms with van der Waals surface area (Å²) in [5, 5.41) is 14.0. The Balaban J connectivity index is 1.71. The van der Waals surface area contributed by atoms with Gasteiger partial charge in [-0.2, -0.15) is 13.9 Å². The summed E-state index contributed by atoms with van der Waals surface area (Å²) in [5.41, 5.74) is 0.0492. The molecule has 0 aliphatic heterocycles. The molecule has 1 aromatic heterocycles. The molecule has 0 atom stereocenters. The Morgan fingerprint density at radius 1 is 1.07 bits per heavy atom. The molecule has 1 N–H and O–H groups in total. The Bertz CT molecular complexity index is 1320. The van der Waals surface area contributed by atoms with Crippen LogP contribution >= 0.6 is 23.2 Å². The van der Waals surface area contributed by atoms with E-state index >= 15 is 8.78 Å². The van der Waals surface area contributed by atoms with Crippen molar-refractivity contribution in [1.82, 2.24) is 14.7 Å². The van der Waals surface area contributed by atoms with Crippen LogP contribution in [0.15, 0.2) is 30.5 Å². The topological polar surface area (TPSA) is 92.5 Å². The van der Waals surface area contributed by atoms with Crippen molar-refractivity contribution >= 4 is 40.9 Å². The fourth-order valence-electron chi connectivity index (χ4n) is 6.27. The van der Waals surface area contributed by atoms with E-state index in [1.54, 1.807) is 19.1 Å². The number of nitrogens with zero attached hydrogens (tertiary/aromatic N) is 3. The number of carboxylic acids is 1. The summed E-state index contributed by atoms with van der Waals surface area (Å²) in [6.07, 6.45) is 9.29. The second-order valence-electron chi connectivity index (χ2n) is 11.5. The number of allylic oxidation sites excluding steroid dienone is 2. The van der Waals surface area contributed by atoms with E-state index in [0.29, 0.717) is 25.7 Å². The maximum absolute atomic E-state index is 15.7. The van der Waals surface area contributed by atoms with Crippen LogP contribution in [0, 0.1) is 18.8 Å². The molecule has 1 heterocycles. The molecule has 42 heavy (non-hydrogen) atoms. The Morgan fingerprint density at radius 2 is 1.69 bits per heavy atom. The Kier molecular flexibility index (Phi) is 10.5. The van der Waals surface area contributed by atoms with Gasteiger partial charge in [-0.1, -0.05) is 48.5 Å². The summed E-state index contributed by atoms with van der Waals surface area (Å²) >= 11 is 12.7. The number of amides is 1. The van der Waals surface area contributed by atoms with Gasteiger partial charge in [0.15, 0.2) is 5.78 Å². The molecular weight excluding hydrogens is 587 g/mol. The third-order valence-electron chi connectivity index (χ3n) is 8.40. The van der Waals surface area contributed by atoms with Crippen molar-refractivity contribution in [2.24, 2.45) is 11.8 Å². The summed E-state index contributed by atoms with van der Waals surface area (Å²) in [7, 11) is 0. The molecule has 0 saturated heterocycles. The van der Waals surface area contributed by atoms with E-state index in [1.807, 2.05) is 0 Å². The van der Waals surface area contributed by atoms with E-state index in [1.165, 1.54) is 22.6 Å². The lowest BCUT2D eigenvalue weighted by Gasteiger charge is -2.31. The lowest BCUT2D eigenvalue weighted by molar-refractivity contribution is -0.143. The van der Waals surface area contributed by atoms with Gasteiger partial charge in [0.1, 0.15) is 5.69 Å². The van der Waals surface area contributed by atoms with Gasteiger partial charge in [0, 0.05) is 6.54 Å². The smallest absolute Gasteiger partial charge is 0.308 e. The van der Waals surface area contributed by atoms with Gasteiger partial charge in [0.05, 0.1) is 45.9 Å². The number of halogens is 4. The predicted molar refractivity (Wildman–Crippen MR) is 158 cm³/mol. The number of ketones is 1. The van der Waals surface area contributed by atoms with Crippen LogP contribution in [0.1, 0.15) is 103 Å². The zero-order chi connectivity index (χ0) is 30.6. The van der Waals surface area contributed by atoms with Crippen LogP contribution in [0.25, 0.3) is 0 Å². The fraction of sp³-hybridized carbons (Fsp3) is 0.548. The number of hydrogen-bond acceptors (Lipinski definition) is 4. The van der Waals surface area contributed by atoms with Gasteiger partial charge in [-0.3, -0.25) is 19.1 Å². The van der Waals surface area contributed by atoms with Gasteiger partial charge < -0.3 is 10.0 Å². The monoisotopic (exact) mass is 623 g/mol. The number of carbonyl (C=O) groups is 3. The molecule has 4 rings (SSSR count). The Hall–Kier alpha value is -2.78. The minimum atomic E-state index is -3.52. The number of benzene rings is 1. The SMILES string of the molecule is CC=CC(F)(F)c1c(C(=O)N(CC(=O)c2c(Cl)cc(C)cc2Cl)CC2CCCCC2)cnn1C1CCC(C(=O)O)CC1. The summed E-state index contributed by atoms with van der Waals surface area (Å²) in [4.78, 5) is 40.4. The summed E-state index contributed by atoms with van der Waals surface area (Å²) in [6, 6.07) is 2.76. The van der Waals surface area contributed by atoms with Gasteiger partial charge in [0.25, 0.3) is 5.91 Å². The van der Waals surface area contributed by atoms with Crippen LogP contribution in [0.2, 0.25) is 10.0 Å². The van der Waals surface area contributed by atoms with Crippen LogP contribution in [-0.4, -0.2) is 50.5 Å². The van der Waals surface area contributed by atoms with Gasteiger partial charge in [-0.15, -0.1) is 0 Å². The number of hydrogen-bond donors (Lipinski definition) is 1. The normalized spacial score (nSPS) is 20.1. The average Bonchev–Trinajstić information content (AvgIpc) is 3.39. The predicted octanol–water partition coefficient (Wildman–Crippen LogP) is 7.89. The zero-order valence-electron chi connectivity index (χ0n) is 23.9. The molecule has 1 amide bonds. The second-order valence-corrected chi connectivity index (χ2v) is 12.3. The third kappa shape index (κ3) is 7.22. The second kappa shape index (κ2) is 13.7. The van der Waals surface area contributed by atoms with Crippen LogP contribution in [0.5, 0.6) is 0 Å². The Morgan fingerprint density at radius 3 is 2.26 bits per heavy atom. The first-order chi connectivity index (χ1) is 19.9. The highest BCUT2D eigenvalue weighted by Gasteiger charge is 2.41. The molecule has 2 aromatic rings. The van der Waals surface area contributed by atoms with Crippen LogP contribution in [-0.2, 0) is 10.7 Å². The number of aryl methyl sites for hydroxylation is 1. The molecule has 0 unspecified atom stereocenters. The van der Waals surface area contributed by atoms with Crippen molar-refractivity contribution in [3.05, 3.63) is 62.9 Å². The van der Waals surface area contributed by atoms with Crippen molar-refractivity contribution in [2.45, 2.75) is 83.6 Å². The largest absolute Gasteiger partial charge is 0.481 e. The van der Waals surface area contributed by atoms with Crippen molar-refractivity contribution in [3.8, 4) is 0 Å². The third-order valence-corrected chi connectivity index (χ3v) is 9.00. The Labute approximate surface area is 254 Å². The molecule has 7 nitrogen and oxygen atoms in total. The van der Waals surface area contributed by atoms with E-state index in [0.717, 1.165) is 49.9 Å². The molecule has 11 heteroatoms. The highest BCUT2D eigenvalue weighted by Crippen LogP contribution is 2.39. The number of aromatic nitrogens is 2. The van der Waals surface area contributed by atoms with E-state index in [-0.39, 0.29) is 40.2 Å². The number of carbonyl (C=O) groups excluding carboxylic acids is 2.